The zero-order valence-corrected chi connectivity index (χ0v) is 9.07. The molecular weight excluding hydrogens is 220 g/mol. The molecule has 1 aliphatic heterocycles. The largest absolute Gasteiger partial charge is 0.473 e. The van der Waals surface area contributed by atoms with Crippen molar-refractivity contribution in [2.75, 3.05) is 12.4 Å². The minimum absolute atomic E-state index is 0.255. The average Bonchev–Trinajstić information content (AvgIpc) is 2.61. The highest BCUT2D eigenvalue weighted by atomic mass is 35.5. The molecule has 0 aliphatic carbocycles. The van der Waals surface area contributed by atoms with E-state index in [2.05, 4.69) is 16.5 Å². The zero-order valence-electron chi connectivity index (χ0n) is 7.49. The van der Waals surface area contributed by atoms with E-state index >= 15 is 0 Å². The summed E-state index contributed by atoms with van der Waals surface area (Å²) in [6.07, 6.45) is 2.62. The second-order valence-electron chi connectivity index (χ2n) is 2.77. The summed E-state index contributed by atoms with van der Waals surface area (Å²) in [6.45, 7) is 4.03. The van der Waals surface area contributed by atoms with Gasteiger partial charge in [0.1, 0.15) is 6.61 Å². The van der Waals surface area contributed by atoms with Crippen LogP contribution in [0.1, 0.15) is 5.69 Å². The van der Waals surface area contributed by atoms with Gasteiger partial charge in [-0.1, -0.05) is 12.7 Å². The first-order chi connectivity index (χ1) is 6.81. The summed E-state index contributed by atoms with van der Waals surface area (Å²) >= 11 is 7.48. The molecule has 0 saturated heterocycles. The van der Waals surface area contributed by atoms with Crippen molar-refractivity contribution in [3.63, 3.8) is 0 Å². The molecule has 1 aromatic rings. The van der Waals surface area contributed by atoms with Crippen LogP contribution in [0, 0.1) is 0 Å². The number of hydrogen-bond acceptors (Lipinski definition) is 4. The lowest BCUT2D eigenvalue weighted by Crippen LogP contribution is -2.00. The van der Waals surface area contributed by atoms with E-state index < -0.39 is 0 Å². The topological polar surface area (TPSA) is 35.0 Å². The quantitative estimate of drug-likeness (QED) is 0.588. The van der Waals surface area contributed by atoms with E-state index in [0.717, 1.165) is 22.8 Å². The number of rotatable bonds is 3. The van der Waals surface area contributed by atoms with Crippen molar-refractivity contribution >= 4 is 23.4 Å². The van der Waals surface area contributed by atoms with Crippen LogP contribution in [0.15, 0.2) is 17.6 Å². The van der Waals surface area contributed by atoms with Gasteiger partial charge in [0, 0.05) is 12.2 Å². The fourth-order valence-electron chi connectivity index (χ4n) is 1.25. The molecule has 0 bridgehead atoms. The van der Waals surface area contributed by atoms with Gasteiger partial charge < -0.3 is 4.74 Å². The van der Waals surface area contributed by atoms with Gasteiger partial charge in [0.25, 0.3) is 0 Å². The van der Waals surface area contributed by atoms with Crippen molar-refractivity contribution in [1.82, 2.24) is 9.97 Å². The Morgan fingerprint density at radius 1 is 1.57 bits per heavy atom. The first-order valence-corrected chi connectivity index (χ1v) is 5.60. The van der Waals surface area contributed by atoms with Crippen molar-refractivity contribution in [2.24, 2.45) is 0 Å². The Labute approximate surface area is 91.5 Å². The highest BCUT2D eigenvalue weighted by molar-refractivity contribution is 7.99. The number of aryl methyl sites for hydroxylation is 1. The lowest BCUT2D eigenvalue weighted by molar-refractivity contribution is 0.338. The normalized spacial score (nSPS) is 13.8. The molecule has 2 heterocycles. The summed E-state index contributed by atoms with van der Waals surface area (Å²) in [5.74, 6) is 1.61. The minimum atomic E-state index is 0.255. The maximum Gasteiger partial charge on any atom is 0.232 e. The van der Waals surface area contributed by atoms with Crippen molar-refractivity contribution in [3.05, 3.63) is 23.6 Å². The lowest BCUT2D eigenvalue weighted by Gasteiger charge is -2.06. The summed E-state index contributed by atoms with van der Waals surface area (Å²) in [7, 11) is 0. The van der Waals surface area contributed by atoms with Crippen molar-refractivity contribution in [1.29, 1.82) is 0 Å². The van der Waals surface area contributed by atoms with Crippen LogP contribution in [0.5, 0.6) is 5.88 Å². The van der Waals surface area contributed by atoms with Crippen LogP contribution in [0.4, 0.5) is 0 Å². The standard InChI is InChI=1S/C9H9ClN2OS/c1-2-4-13-8-7-6(3-5-14-7)11-9(10)12-8/h2H,1,3-5H2. The molecule has 2 rings (SSSR count). The van der Waals surface area contributed by atoms with Crippen molar-refractivity contribution < 1.29 is 4.74 Å². The fourth-order valence-corrected chi connectivity index (χ4v) is 2.47. The van der Waals surface area contributed by atoms with Crippen molar-refractivity contribution in [2.45, 2.75) is 11.3 Å². The van der Waals surface area contributed by atoms with E-state index in [1.165, 1.54) is 0 Å². The van der Waals surface area contributed by atoms with Crippen LogP contribution >= 0.6 is 23.4 Å². The van der Waals surface area contributed by atoms with Crippen LogP contribution in [-0.2, 0) is 6.42 Å². The van der Waals surface area contributed by atoms with Crippen LogP contribution in [0.25, 0.3) is 0 Å². The van der Waals surface area contributed by atoms with Crippen LogP contribution < -0.4 is 4.74 Å². The molecular formula is C9H9ClN2OS. The summed E-state index contributed by atoms with van der Waals surface area (Å²) in [5, 5.41) is 0.255. The van der Waals surface area contributed by atoms with Gasteiger partial charge in [0.05, 0.1) is 10.6 Å². The zero-order chi connectivity index (χ0) is 9.97. The molecule has 14 heavy (non-hydrogen) atoms. The molecule has 0 unspecified atom stereocenters. The second kappa shape index (κ2) is 4.19. The molecule has 0 spiro atoms. The maximum absolute atomic E-state index is 5.77. The van der Waals surface area contributed by atoms with E-state index in [1.807, 2.05) is 0 Å². The monoisotopic (exact) mass is 228 g/mol. The van der Waals surface area contributed by atoms with Gasteiger partial charge in [0.2, 0.25) is 11.2 Å². The van der Waals surface area contributed by atoms with Crippen LogP contribution in [0.2, 0.25) is 5.28 Å². The Hall–Kier alpha value is -0.740. The minimum Gasteiger partial charge on any atom is -0.473 e. The molecule has 0 saturated carbocycles. The molecule has 0 N–H and O–H groups in total. The number of aromatic nitrogens is 2. The number of nitrogens with zero attached hydrogens (tertiary/aromatic N) is 2. The molecule has 0 fully saturated rings. The first kappa shape index (κ1) is 9.80. The van der Waals surface area contributed by atoms with Gasteiger partial charge in [-0.2, -0.15) is 4.98 Å². The molecule has 74 valence electrons. The summed E-state index contributed by atoms with van der Waals surface area (Å²) < 4.78 is 5.40. The Kier molecular flexibility index (Phi) is 2.93. The van der Waals surface area contributed by atoms with Crippen LogP contribution in [-0.4, -0.2) is 22.3 Å². The Morgan fingerprint density at radius 3 is 3.21 bits per heavy atom. The third-order valence-corrected chi connectivity index (χ3v) is 3.08. The first-order valence-electron chi connectivity index (χ1n) is 4.24. The maximum atomic E-state index is 5.77. The van der Waals surface area contributed by atoms with Gasteiger partial charge in [0.15, 0.2) is 0 Å². The molecule has 3 nitrogen and oxygen atoms in total. The second-order valence-corrected chi connectivity index (χ2v) is 4.21. The third kappa shape index (κ3) is 1.86. The Bertz CT molecular complexity index is 370. The molecule has 0 amide bonds. The summed E-state index contributed by atoms with van der Waals surface area (Å²) in [5.41, 5.74) is 0.995. The highest BCUT2D eigenvalue weighted by Crippen LogP contribution is 2.37. The molecule has 0 aromatic carbocycles. The smallest absolute Gasteiger partial charge is 0.232 e. The number of hydrogen-bond donors (Lipinski definition) is 0. The van der Waals surface area contributed by atoms with Gasteiger partial charge in [-0.25, -0.2) is 4.98 Å². The summed E-state index contributed by atoms with van der Waals surface area (Å²) in [6, 6.07) is 0. The molecule has 1 aliphatic rings. The van der Waals surface area contributed by atoms with Gasteiger partial charge in [-0.3, -0.25) is 0 Å². The SMILES string of the molecule is C=CCOc1nc(Cl)nc2c1SCC2. The number of ether oxygens (including phenoxy) is 1. The predicted molar refractivity (Wildman–Crippen MR) is 57.2 cm³/mol. The van der Waals surface area contributed by atoms with E-state index in [0.29, 0.717) is 12.5 Å². The van der Waals surface area contributed by atoms with E-state index in [-0.39, 0.29) is 5.28 Å². The van der Waals surface area contributed by atoms with Gasteiger partial charge in [-0.05, 0) is 11.6 Å². The van der Waals surface area contributed by atoms with E-state index in [9.17, 15) is 0 Å². The van der Waals surface area contributed by atoms with Crippen molar-refractivity contribution in [3.8, 4) is 5.88 Å². The molecule has 0 atom stereocenters. The lowest BCUT2D eigenvalue weighted by atomic mass is 10.3. The Balaban J connectivity index is 2.33. The number of halogens is 1. The Morgan fingerprint density at radius 2 is 2.43 bits per heavy atom. The number of thioether (sulfide) groups is 1. The molecule has 5 heteroatoms. The van der Waals surface area contributed by atoms with Gasteiger partial charge in [-0.15, -0.1) is 11.8 Å². The van der Waals surface area contributed by atoms with Gasteiger partial charge >= 0.3 is 0 Å². The molecule has 0 radical (unpaired) electrons. The highest BCUT2D eigenvalue weighted by Gasteiger charge is 2.20. The number of fused-ring (bicyclic) bond motifs is 1. The fraction of sp³-hybridized carbons (Fsp3) is 0.333. The van der Waals surface area contributed by atoms with E-state index in [1.54, 1.807) is 17.8 Å². The molecule has 1 aromatic heterocycles. The van der Waals surface area contributed by atoms with E-state index in [4.69, 9.17) is 16.3 Å². The third-order valence-electron chi connectivity index (χ3n) is 1.80. The summed E-state index contributed by atoms with van der Waals surface area (Å²) in [4.78, 5) is 9.22. The average molecular weight is 229 g/mol. The van der Waals surface area contributed by atoms with Crippen LogP contribution in [0.3, 0.4) is 0 Å². The predicted octanol–water partition coefficient (Wildman–Crippen LogP) is 2.34.